The van der Waals surface area contributed by atoms with Crippen LogP contribution in [0.15, 0.2) is 23.0 Å². The van der Waals surface area contributed by atoms with Gasteiger partial charge in [0.25, 0.3) is 0 Å². The molecule has 1 aromatic rings. The largest absolute Gasteiger partial charge is 0.472 e. The smallest absolute Gasteiger partial charge is 0.324 e. The van der Waals surface area contributed by atoms with E-state index in [4.69, 9.17) is 9.15 Å². The highest BCUT2D eigenvalue weighted by Gasteiger charge is 2.33. The average Bonchev–Trinajstić information content (AvgIpc) is 2.92. The van der Waals surface area contributed by atoms with Crippen molar-refractivity contribution in [2.24, 2.45) is 0 Å². The monoisotopic (exact) mass is 252 g/mol. The Morgan fingerprint density at radius 3 is 3.22 bits per heavy atom. The third kappa shape index (κ3) is 2.73. The molecule has 1 fully saturated rings. The van der Waals surface area contributed by atoms with Gasteiger partial charge < -0.3 is 14.5 Å². The van der Waals surface area contributed by atoms with Gasteiger partial charge in [0.05, 0.1) is 19.1 Å². The Morgan fingerprint density at radius 1 is 1.72 bits per heavy atom. The molecule has 0 bridgehead atoms. The highest BCUT2D eigenvalue weighted by atomic mass is 16.5. The molecule has 0 amide bonds. The van der Waals surface area contributed by atoms with Crippen molar-refractivity contribution in [3.05, 3.63) is 24.2 Å². The summed E-state index contributed by atoms with van der Waals surface area (Å²) >= 11 is 0. The van der Waals surface area contributed by atoms with Crippen molar-refractivity contribution < 1.29 is 13.9 Å². The lowest BCUT2D eigenvalue weighted by Crippen LogP contribution is -2.55. The van der Waals surface area contributed by atoms with Gasteiger partial charge >= 0.3 is 5.97 Å². The lowest BCUT2D eigenvalue weighted by molar-refractivity contribution is -0.151. The van der Waals surface area contributed by atoms with Crippen LogP contribution >= 0.6 is 0 Å². The molecule has 1 N–H and O–H groups in total. The van der Waals surface area contributed by atoms with Crippen molar-refractivity contribution in [3.63, 3.8) is 0 Å². The summed E-state index contributed by atoms with van der Waals surface area (Å²) in [6.07, 6.45) is 3.39. The van der Waals surface area contributed by atoms with E-state index < -0.39 is 0 Å². The maximum atomic E-state index is 12.0. The van der Waals surface area contributed by atoms with Crippen LogP contribution in [0.1, 0.15) is 25.5 Å². The minimum Gasteiger partial charge on any atom is -0.472 e. The summed E-state index contributed by atoms with van der Waals surface area (Å²) in [6, 6.07) is 1.87. The Bertz CT molecular complexity index is 378. The molecule has 5 heteroatoms. The second kappa shape index (κ2) is 6.02. The quantitative estimate of drug-likeness (QED) is 0.815. The predicted molar refractivity (Wildman–Crippen MR) is 67.1 cm³/mol. The topological polar surface area (TPSA) is 54.7 Å². The Kier molecular flexibility index (Phi) is 4.38. The average molecular weight is 252 g/mol. The van der Waals surface area contributed by atoms with E-state index in [-0.39, 0.29) is 18.1 Å². The van der Waals surface area contributed by atoms with Gasteiger partial charge in [-0.05, 0) is 19.9 Å². The number of rotatable bonds is 4. The van der Waals surface area contributed by atoms with Gasteiger partial charge in [-0.1, -0.05) is 0 Å². The van der Waals surface area contributed by atoms with E-state index in [2.05, 4.69) is 17.1 Å². The zero-order valence-electron chi connectivity index (χ0n) is 10.9. The molecule has 2 atom stereocenters. The molecule has 0 radical (unpaired) electrons. The van der Waals surface area contributed by atoms with E-state index in [0.29, 0.717) is 13.2 Å². The molecule has 0 spiro atoms. The summed E-state index contributed by atoms with van der Waals surface area (Å²) in [4.78, 5) is 14.1. The van der Waals surface area contributed by atoms with Crippen molar-refractivity contribution in [2.45, 2.75) is 25.9 Å². The van der Waals surface area contributed by atoms with Crippen molar-refractivity contribution >= 4 is 5.97 Å². The van der Waals surface area contributed by atoms with Gasteiger partial charge in [-0.2, -0.15) is 0 Å². The van der Waals surface area contributed by atoms with Gasteiger partial charge in [0, 0.05) is 31.2 Å². The van der Waals surface area contributed by atoms with Gasteiger partial charge in [0.1, 0.15) is 6.04 Å². The van der Waals surface area contributed by atoms with E-state index in [1.807, 2.05) is 13.0 Å². The molecule has 2 heterocycles. The Hall–Kier alpha value is -1.33. The maximum absolute atomic E-state index is 12.0. The first-order chi connectivity index (χ1) is 8.74. The van der Waals surface area contributed by atoms with Crippen LogP contribution in [0.3, 0.4) is 0 Å². The predicted octanol–water partition coefficient (Wildman–Crippen LogP) is 1.18. The lowest BCUT2D eigenvalue weighted by atomic mass is 10.1. The fraction of sp³-hybridized carbons (Fsp3) is 0.615. The summed E-state index contributed by atoms with van der Waals surface area (Å²) in [5.41, 5.74) is 1.09. The number of nitrogens with zero attached hydrogens (tertiary/aromatic N) is 1. The summed E-state index contributed by atoms with van der Waals surface area (Å²) in [6.45, 7) is 6.69. The molecule has 1 aliphatic heterocycles. The second-order valence-electron chi connectivity index (χ2n) is 4.44. The minimum atomic E-state index is -0.219. The number of furan rings is 1. The van der Waals surface area contributed by atoms with E-state index in [9.17, 15) is 4.79 Å². The molecule has 0 aromatic carbocycles. The van der Waals surface area contributed by atoms with Crippen LogP contribution in [0.25, 0.3) is 0 Å². The van der Waals surface area contributed by atoms with E-state index in [1.165, 1.54) is 0 Å². The number of esters is 1. The van der Waals surface area contributed by atoms with Crippen LogP contribution in [0.5, 0.6) is 0 Å². The van der Waals surface area contributed by atoms with E-state index in [1.54, 1.807) is 12.5 Å². The molecule has 18 heavy (non-hydrogen) atoms. The van der Waals surface area contributed by atoms with Crippen LogP contribution in [0.2, 0.25) is 0 Å². The molecule has 1 aliphatic rings. The van der Waals surface area contributed by atoms with Crippen molar-refractivity contribution in [2.75, 3.05) is 26.2 Å². The zero-order chi connectivity index (χ0) is 13.0. The van der Waals surface area contributed by atoms with Crippen molar-refractivity contribution in [1.29, 1.82) is 0 Å². The summed E-state index contributed by atoms with van der Waals surface area (Å²) in [5, 5.41) is 3.24. The third-order valence-corrected chi connectivity index (χ3v) is 3.37. The molecule has 2 rings (SSSR count). The number of hydrogen-bond donors (Lipinski definition) is 1. The first-order valence-electron chi connectivity index (χ1n) is 6.39. The van der Waals surface area contributed by atoms with Gasteiger partial charge in [-0.3, -0.25) is 9.69 Å². The minimum absolute atomic E-state index is 0.153. The van der Waals surface area contributed by atoms with Gasteiger partial charge in [0.15, 0.2) is 0 Å². The normalized spacial score (nSPS) is 22.7. The van der Waals surface area contributed by atoms with Crippen molar-refractivity contribution in [3.8, 4) is 0 Å². The van der Waals surface area contributed by atoms with Crippen LogP contribution in [0.4, 0.5) is 0 Å². The number of nitrogens with one attached hydrogen (secondary N) is 1. The van der Waals surface area contributed by atoms with Crippen LogP contribution in [0, 0.1) is 0 Å². The first-order valence-corrected chi connectivity index (χ1v) is 6.39. The maximum Gasteiger partial charge on any atom is 0.324 e. The number of carbonyl (C=O) groups excluding carboxylic acids is 1. The Balaban J connectivity index is 2.10. The fourth-order valence-corrected chi connectivity index (χ4v) is 2.34. The molecule has 1 aromatic heterocycles. The van der Waals surface area contributed by atoms with Crippen molar-refractivity contribution in [1.82, 2.24) is 10.2 Å². The SMILES string of the molecule is CCOC(=O)C1CNCCN1C(C)c1ccoc1. The summed E-state index contributed by atoms with van der Waals surface area (Å²) in [5.74, 6) is -0.153. The Labute approximate surface area is 107 Å². The van der Waals surface area contributed by atoms with Crippen LogP contribution in [-0.4, -0.2) is 43.2 Å². The summed E-state index contributed by atoms with van der Waals surface area (Å²) < 4.78 is 10.2. The fourth-order valence-electron chi connectivity index (χ4n) is 2.34. The number of carbonyl (C=O) groups is 1. The Morgan fingerprint density at radius 2 is 2.56 bits per heavy atom. The molecule has 100 valence electrons. The summed E-state index contributed by atoms with van der Waals surface area (Å²) in [7, 11) is 0. The standard InChI is InChI=1S/C13H20N2O3/c1-3-18-13(16)12-8-14-5-6-15(12)10(2)11-4-7-17-9-11/h4,7,9-10,12,14H,3,5-6,8H2,1-2H3. The lowest BCUT2D eigenvalue weighted by Gasteiger charge is -2.38. The molecular weight excluding hydrogens is 232 g/mol. The van der Waals surface area contributed by atoms with Crippen LogP contribution in [-0.2, 0) is 9.53 Å². The molecule has 0 saturated carbocycles. The third-order valence-electron chi connectivity index (χ3n) is 3.37. The molecule has 0 aliphatic carbocycles. The van der Waals surface area contributed by atoms with Gasteiger partial charge in [-0.25, -0.2) is 0 Å². The highest BCUT2D eigenvalue weighted by molar-refractivity contribution is 5.76. The van der Waals surface area contributed by atoms with Gasteiger partial charge in [0.2, 0.25) is 0 Å². The van der Waals surface area contributed by atoms with E-state index >= 15 is 0 Å². The molecular formula is C13H20N2O3. The number of hydrogen-bond acceptors (Lipinski definition) is 5. The molecule has 5 nitrogen and oxygen atoms in total. The second-order valence-corrected chi connectivity index (χ2v) is 4.44. The van der Waals surface area contributed by atoms with Gasteiger partial charge in [-0.15, -0.1) is 0 Å². The zero-order valence-corrected chi connectivity index (χ0v) is 10.9. The van der Waals surface area contributed by atoms with Crippen LogP contribution < -0.4 is 5.32 Å². The number of piperazine rings is 1. The molecule has 1 saturated heterocycles. The highest BCUT2D eigenvalue weighted by Crippen LogP contribution is 2.24. The molecule has 2 unspecified atom stereocenters. The number of ether oxygens (including phenoxy) is 1. The van der Waals surface area contributed by atoms with E-state index in [0.717, 1.165) is 18.7 Å². The first kappa shape index (κ1) is 13.1.